The van der Waals surface area contributed by atoms with E-state index in [2.05, 4.69) is 20.5 Å². The number of hydrogen-bond donors (Lipinski definition) is 1. The number of amides is 2. The van der Waals surface area contributed by atoms with Crippen molar-refractivity contribution in [2.45, 2.75) is 43.8 Å². The first-order chi connectivity index (χ1) is 12.0. The SMILES string of the molecule is Cn1ncc(C(=O)N[C@@H]2CCC(=O)N(C3CC3)[C@H]2c2nccn2C)n1. The molecule has 9 nitrogen and oxygen atoms in total. The third-order valence-electron chi connectivity index (χ3n) is 4.85. The molecule has 2 atom stereocenters. The highest BCUT2D eigenvalue weighted by atomic mass is 16.2. The predicted octanol–water partition coefficient (Wildman–Crippen LogP) is 0.173. The summed E-state index contributed by atoms with van der Waals surface area (Å²) >= 11 is 0. The summed E-state index contributed by atoms with van der Waals surface area (Å²) in [4.78, 5) is 32.8. The molecule has 0 unspecified atom stereocenters. The molecule has 1 aliphatic heterocycles. The van der Waals surface area contributed by atoms with Gasteiger partial charge in [-0.3, -0.25) is 9.59 Å². The lowest BCUT2D eigenvalue weighted by Crippen LogP contribution is -2.53. The minimum absolute atomic E-state index is 0.139. The summed E-state index contributed by atoms with van der Waals surface area (Å²) in [6.07, 6.45) is 8.07. The molecule has 1 saturated heterocycles. The molecular formula is C16H21N7O2. The Kier molecular flexibility index (Phi) is 3.78. The van der Waals surface area contributed by atoms with Gasteiger partial charge < -0.3 is 14.8 Å². The van der Waals surface area contributed by atoms with E-state index in [0.717, 1.165) is 18.7 Å². The maximum atomic E-state index is 12.5. The molecule has 2 aromatic heterocycles. The van der Waals surface area contributed by atoms with Gasteiger partial charge in [0.2, 0.25) is 5.91 Å². The molecule has 132 valence electrons. The largest absolute Gasteiger partial charge is 0.345 e. The molecule has 0 aromatic carbocycles. The number of hydrogen-bond acceptors (Lipinski definition) is 5. The van der Waals surface area contributed by atoms with Crippen LogP contribution in [0.4, 0.5) is 0 Å². The highest BCUT2D eigenvalue weighted by Crippen LogP contribution is 2.40. The Hall–Kier alpha value is -2.71. The summed E-state index contributed by atoms with van der Waals surface area (Å²) in [5.41, 5.74) is 0.274. The Morgan fingerprint density at radius 1 is 1.28 bits per heavy atom. The van der Waals surface area contributed by atoms with E-state index in [1.807, 2.05) is 22.7 Å². The summed E-state index contributed by atoms with van der Waals surface area (Å²) in [5.74, 6) is 0.660. The van der Waals surface area contributed by atoms with E-state index in [1.54, 1.807) is 13.2 Å². The molecule has 0 radical (unpaired) electrons. The van der Waals surface area contributed by atoms with Crippen LogP contribution in [0.5, 0.6) is 0 Å². The maximum absolute atomic E-state index is 12.5. The monoisotopic (exact) mass is 343 g/mol. The van der Waals surface area contributed by atoms with E-state index >= 15 is 0 Å². The van der Waals surface area contributed by atoms with Gasteiger partial charge in [0, 0.05) is 39.0 Å². The Balaban J connectivity index is 1.63. The third kappa shape index (κ3) is 2.90. The molecule has 4 rings (SSSR count). The number of rotatable bonds is 4. The highest BCUT2D eigenvalue weighted by Gasteiger charge is 2.46. The second-order valence-corrected chi connectivity index (χ2v) is 6.71. The molecule has 2 fully saturated rings. The normalized spacial score (nSPS) is 23.8. The number of nitrogens with zero attached hydrogens (tertiary/aromatic N) is 6. The fraction of sp³-hybridized carbons (Fsp3) is 0.562. The maximum Gasteiger partial charge on any atom is 0.273 e. The van der Waals surface area contributed by atoms with Crippen molar-refractivity contribution in [2.75, 3.05) is 0 Å². The van der Waals surface area contributed by atoms with Crippen LogP contribution in [0.15, 0.2) is 18.6 Å². The number of aromatic nitrogens is 5. The molecule has 1 aliphatic carbocycles. The van der Waals surface area contributed by atoms with Crippen LogP contribution in [-0.2, 0) is 18.9 Å². The van der Waals surface area contributed by atoms with Crippen molar-refractivity contribution in [2.24, 2.45) is 14.1 Å². The third-order valence-corrected chi connectivity index (χ3v) is 4.85. The van der Waals surface area contributed by atoms with Gasteiger partial charge in [0.05, 0.1) is 12.2 Å². The zero-order chi connectivity index (χ0) is 17.6. The van der Waals surface area contributed by atoms with Crippen LogP contribution in [0, 0.1) is 0 Å². The van der Waals surface area contributed by atoms with Crippen molar-refractivity contribution in [3.8, 4) is 0 Å². The molecule has 1 N–H and O–H groups in total. The van der Waals surface area contributed by atoms with E-state index in [1.165, 1.54) is 11.0 Å². The topological polar surface area (TPSA) is 97.9 Å². The van der Waals surface area contributed by atoms with Gasteiger partial charge in [0.15, 0.2) is 5.69 Å². The Morgan fingerprint density at radius 2 is 2.08 bits per heavy atom. The van der Waals surface area contributed by atoms with Gasteiger partial charge >= 0.3 is 0 Å². The van der Waals surface area contributed by atoms with Crippen molar-refractivity contribution in [3.63, 3.8) is 0 Å². The molecule has 0 bridgehead atoms. The summed E-state index contributed by atoms with van der Waals surface area (Å²) in [5, 5.41) is 11.0. The van der Waals surface area contributed by atoms with Crippen molar-refractivity contribution in [1.29, 1.82) is 0 Å². The number of aryl methyl sites for hydroxylation is 2. The molecule has 2 aliphatic rings. The minimum Gasteiger partial charge on any atom is -0.345 e. The number of nitrogens with one attached hydrogen (secondary N) is 1. The Bertz CT molecular complexity index is 807. The lowest BCUT2D eigenvalue weighted by molar-refractivity contribution is -0.138. The molecule has 2 aromatic rings. The summed E-state index contributed by atoms with van der Waals surface area (Å²) in [6.45, 7) is 0. The van der Waals surface area contributed by atoms with Gasteiger partial charge in [0.25, 0.3) is 5.91 Å². The lowest BCUT2D eigenvalue weighted by atomic mass is 9.94. The fourth-order valence-electron chi connectivity index (χ4n) is 3.51. The molecule has 0 spiro atoms. The number of carbonyl (C=O) groups is 2. The number of likely N-dealkylation sites (tertiary alicyclic amines) is 1. The van der Waals surface area contributed by atoms with E-state index in [-0.39, 0.29) is 35.6 Å². The molecule has 1 saturated carbocycles. The van der Waals surface area contributed by atoms with Gasteiger partial charge in [-0.15, -0.1) is 5.10 Å². The van der Waals surface area contributed by atoms with E-state index in [0.29, 0.717) is 12.8 Å². The standard InChI is InChI=1S/C16H21N7O2/c1-21-8-7-17-15(21)14-11(5-6-13(24)23(14)10-3-4-10)19-16(25)12-9-18-22(2)20-12/h7-11,14H,3-6H2,1-2H3,(H,19,25)/t11-,14-/m1/s1. The van der Waals surface area contributed by atoms with Crippen molar-refractivity contribution >= 4 is 11.8 Å². The van der Waals surface area contributed by atoms with Gasteiger partial charge in [-0.2, -0.15) is 9.90 Å². The summed E-state index contributed by atoms with van der Waals surface area (Å²) in [6, 6.07) is -0.200. The van der Waals surface area contributed by atoms with Gasteiger partial charge in [-0.25, -0.2) is 4.98 Å². The number of piperidine rings is 1. The van der Waals surface area contributed by atoms with Crippen LogP contribution < -0.4 is 5.32 Å². The van der Waals surface area contributed by atoms with Crippen molar-refractivity contribution in [1.82, 2.24) is 34.8 Å². The second-order valence-electron chi connectivity index (χ2n) is 6.71. The van der Waals surface area contributed by atoms with Gasteiger partial charge in [-0.05, 0) is 19.3 Å². The smallest absolute Gasteiger partial charge is 0.273 e. The van der Waals surface area contributed by atoms with Crippen LogP contribution >= 0.6 is 0 Å². The first-order valence-corrected chi connectivity index (χ1v) is 8.50. The minimum atomic E-state index is -0.276. The highest BCUT2D eigenvalue weighted by molar-refractivity contribution is 5.92. The molecule has 2 amide bonds. The second kappa shape index (κ2) is 5.98. The van der Waals surface area contributed by atoms with E-state index < -0.39 is 0 Å². The molecule has 9 heteroatoms. The van der Waals surface area contributed by atoms with Crippen molar-refractivity contribution < 1.29 is 9.59 Å². The first-order valence-electron chi connectivity index (χ1n) is 8.50. The van der Waals surface area contributed by atoms with Crippen LogP contribution in [0.25, 0.3) is 0 Å². The summed E-state index contributed by atoms with van der Waals surface area (Å²) in [7, 11) is 3.58. The Labute approximate surface area is 145 Å². The quantitative estimate of drug-likeness (QED) is 0.853. The molecule has 25 heavy (non-hydrogen) atoms. The average Bonchev–Trinajstić information content (AvgIpc) is 3.18. The fourth-order valence-corrected chi connectivity index (χ4v) is 3.51. The predicted molar refractivity (Wildman–Crippen MR) is 87.3 cm³/mol. The molecular weight excluding hydrogens is 322 g/mol. The van der Waals surface area contributed by atoms with Crippen LogP contribution in [-0.4, -0.2) is 53.3 Å². The Morgan fingerprint density at radius 3 is 2.68 bits per heavy atom. The van der Waals surface area contributed by atoms with Crippen molar-refractivity contribution in [3.05, 3.63) is 30.1 Å². The van der Waals surface area contributed by atoms with Crippen LogP contribution in [0.1, 0.15) is 48.0 Å². The number of imidazole rings is 1. The average molecular weight is 343 g/mol. The van der Waals surface area contributed by atoms with Gasteiger partial charge in [-0.1, -0.05) is 0 Å². The summed E-state index contributed by atoms with van der Waals surface area (Å²) < 4.78 is 1.92. The zero-order valence-electron chi connectivity index (χ0n) is 14.3. The van der Waals surface area contributed by atoms with Gasteiger partial charge in [0.1, 0.15) is 11.9 Å². The lowest BCUT2D eigenvalue weighted by Gasteiger charge is -2.41. The molecule has 3 heterocycles. The van der Waals surface area contributed by atoms with E-state index in [4.69, 9.17) is 0 Å². The van der Waals surface area contributed by atoms with E-state index in [9.17, 15) is 9.59 Å². The first kappa shape index (κ1) is 15.8. The van der Waals surface area contributed by atoms with Crippen LogP contribution in [0.2, 0.25) is 0 Å². The van der Waals surface area contributed by atoms with Crippen LogP contribution in [0.3, 0.4) is 0 Å². The number of carbonyl (C=O) groups excluding carboxylic acids is 2. The zero-order valence-corrected chi connectivity index (χ0v) is 14.3.